The minimum absolute atomic E-state index is 0.0571. The van der Waals surface area contributed by atoms with Crippen LogP contribution in [-0.4, -0.2) is 17.8 Å². The third-order valence-electron chi connectivity index (χ3n) is 0.867. The van der Waals surface area contributed by atoms with Gasteiger partial charge in [0, 0.05) is 6.04 Å². The van der Waals surface area contributed by atoms with Gasteiger partial charge < -0.3 is 5.11 Å². The molecule has 0 aromatic heterocycles. The Morgan fingerprint density at radius 2 is 2.43 bits per heavy atom. The quantitative estimate of drug-likeness (QED) is 0.536. The summed E-state index contributed by atoms with van der Waals surface area (Å²) in [5, 5.41) is 8.38. The van der Waals surface area contributed by atoms with Crippen molar-refractivity contribution in [1.82, 2.24) is 4.84 Å². The van der Waals surface area contributed by atoms with Gasteiger partial charge >= 0.3 is 0 Å². The van der Waals surface area contributed by atoms with Gasteiger partial charge in [-0.1, -0.05) is 6.92 Å². The van der Waals surface area contributed by atoms with Crippen LogP contribution < -0.4 is 4.84 Å². The fraction of sp³-hybridized carbons (Fsp3) is 1.00. The van der Waals surface area contributed by atoms with E-state index >= 15 is 0 Å². The molecule has 0 aliphatic rings. The van der Waals surface area contributed by atoms with Gasteiger partial charge in [0.15, 0.2) is 0 Å². The summed E-state index contributed by atoms with van der Waals surface area (Å²) in [4.78, 5) is 2.42. The Kier molecular flexibility index (Phi) is 4.50. The maximum atomic E-state index is 8.38. The maximum Gasteiger partial charge on any atom is 0.0597 e. The Morgan fingerprint density at radius 3 is 2.43 bits per heavy atom. The standard InChI is InChI=1S/C4H10ClNO/c1-2-4(3-7)6-5/h4,6-7H,2-3H2,1H3. The minimum atomic E-state index is 0.0571. The largest absolute Gasteiger partial charge is 0.395 e. The third-order valence-corrected chi connectivity index (χ3v) is 1.18. The topological polar surface area (TPSA) is 32.3 Å². The van der Waals surface area contributed by atoms with Crippen LogP contribution in [0.2, 0.25) is 0 Å². The molecular weight excluding hydrogens is 114 g/mol. The Bertz CT molecular complexity index is 33.2. The zero-order valence-electron chi connectivity index (χ0n) is 4.32. The first-order valence-electron chi connectivity index (χ1n) is 2.32. The summed E-state index contributed by atoms with van der Waals surface area (Å²) < 4.78 is 0. The van der Waals surface area contributed by atoms with Crippen molar-refractivity contribution in [2.75, 3.05) is 6.61 Å². The highest BCUT2D eigenvalue weighted by atomic mass is 35.5. The van der Waals surface area contributed by atoms with E-state index in [-0.39, 0.29) is 12.6 Å². The van der Waals surface area contributed by atoms with Gasteiger partial charge in [-0.2, -0.15) is 0 Å². The number of aliphatic hydroxyl groups is 1. The second-order valence-corrected chi connectivity index (χ2v) is 1.62. The second kappa shape index (κ2) is 4.37. The highest BCUT2D eigenvalue weighted by molar-refractivity contribution is 6.13. The van der Waals surface area contributed by atoms with Gasteiger partial charge in [-0.25, -0.2) is 4.84 Å². The van der Waals surface area contributed by atoms with E-state index in [0.29, 0.717) is 0 Å². The molecular formula is C4H10ClNO. The molecule has 0 aromatic rings. The highest BCUT2D eigenvalue weighted by Crippen LogP contribution is 1.87. The van der Waals surface area contributed by atoms with E-state index in [4.69, 9.17) is 16.9 Å². The molecule has 0 amide bonds. The first-order valence-corrected chi connectivity index (χ1v) is 2.70. The van der Waals surface area contributed by atoms with Crippen LogP contribution in [0.5, 0.6) is 0 Å². The summed E-state index contributed by atoms with van der Waals surface area (Å²) in [6.45, 7) is 2.07. The first-order chi connectivity index (χ1) is 3.35. The van der Waals surface area contributed by atoms with E-state index in [1.54, 1.807) is 0 Å². The van der Waals surface area contributed by atoms with Crippen LogP contribution in [-0.2, 0) is 0 Å². The van der Waals surface area contributed by atoms with E-state index in [0.717, 1.165) is 6.42 Å². The molecule has 2 nitrogen and oxygen atoms in total. The minimum Gasteiger partial charge on any atom is -0.395 e. The van der Waals surface area contributed by atoms with Crippen LogP contribution in [0, 0.1) is 0 Å². The average molecular weight is 124 g/mol. The van der Waals surface area contributed by atoms with Crippen molar-refractivity contribution in [3.8, 4) is 0 Å². The fourth-order valence-electron chi connectivity index (χ4n) is 0.241. The molecule has 0 aromatic carbocycles. The smallest absolute Gasteiger partial charge is 0.0597 e. The van der Waals surface area contributed by atoms with E-state index in [9.17, 15) is 0 Å². The molecule has 0 aliphatic heterocycles. The molecule has 0 saturated heterocycles. The predicted octanol–water partition coefficient (Wildman–Crippen LogP) is 0.501. The summed E-state index contributed by atoms with van der Waals surface area (Å²) in [5.74, 6) is 0. The van der Waals surface area contributed by atoms with Crippen molar-refractivity contribution in [2.24, 2.45) is 0 Å². The maximum absolute atomic E-state index is 8.38. The first kappa shape index (κ1) is 7.21. The lowest BCUT2D eigenvalue weighted by Crippen LogP contribution is -2.23. The molecule has 7 heavy (non-hydrogen) atoms. The van der Waals surface area contributed by atoms with Gasteiger partial charge in [0.05, 0.1) is 6.61 Å². The van der Waals surface area contributed by atoms with Crippen molar-refractivity contribution < 1.29 is 5.11 Å². The highest BCUT2D eigenvalue weighted by Gasteiger charge is 1.97. The summed E-state index contributed by atoms with van der Waals surface area (Å²) >= 11 is 5.16. The zero-order valence-corrected chi connectivity index (χ0v) is 5.07. The molecule has 0 heterocycles. The van der Waals surface area contributed by atoms with E-state index in [1.807, 2.05) is 6.92 Å². The molecule has 1 unspecified atom stereocenters. The van der Waals surface area contributed by atoms with Crippen molar-refractivity contribution in [3.63, 3.8) is 0 Å². The van der Waals surface area contributed by atoms with Gasteiger partial charge in [0.25, 0.3) is 0 Å². The Balaban J connectivity index is 2.99. The van der Waals surface area contributed by atoms with Crippen molar-refractivity contribution in [1.29, 1.82) is 0 Å². The van der Waals surface area contributed by atoms with E-state index in [1.165, 1.54) is 0 Å². The van der Waals surface area contributed by atoms with Gasteiger partial charge in [0.2, 0.25) is 0 Å². The number of nitrogens with one attached hydrogen (secondary N) is 1. The summed E-state index contributed by atoms with van der Waals surface area (Å²) in [5.41, 5.74) is 0. The van der Waals surface area contributed by atoms with Crippen molar-refractivity contribution in [2.45, 2.75) is 19.4 Å². The lowest BCUT2D eigenvalue weighted by molar-refractivity contribution is 0.255. The molecule has 0 radical (unpaired) electrons. The van der Waals surface area contributed by atoms with Crippen LogP contribution >= 0.6 is 11.8 Å². The van der Waals surface area contributed by atoms with Gasteiger partial charge in [-0.05, 0) is 18.2 Å². The predicted molar refractivity (Wildman–Crippen MR) is 30.2 cm³/mol. The van der Waals surface area contributed by atoms with Crippen LogP contribution in [0.25, 0.3) is 0 Å². The third kappa shape index (κ3) is 2.85. The molecule has 0 saturated carbocycles. The molecule has 0 aliphatic carbocycles. The average Bonchev–Trinajstić information content (AvgIpc) is 1.72. The molecule has 0 spiro atoms. The normalized spacial score (nSPS) is 14.1. The number of aliphatic hydroxyl groups excluding tert-OH is 1. The lowest BCUT2D eigenvalue weighted by atomic mass is 10.3. The number of rotatable bonds is 3. The SMILES string of the molecule is CCC(CO)NCl. The van der Waals surface area contributed by atoms with E-state index < -0.39 is 0 Å². The number of hydrogen-bond donors (Lipinski definition) is 2. The Hall–Kier alpha value is 0.210. The monoisotopic (exact) mass is 123 g/mol. The number of halogens is 1. The lowest BCUT2D eigenvalue weighted by Gasteiger charge is -2.04. The van der Waals surface area contributed by atoms with Crippen molar-refractivity contribution in [3.05, 3.63) is 0 Å². The Labute approximate surface area is 48.6 Å². The summed E-state index contributed by atoms with van der Waals surface area (Å²) in [7, 11) is 0. The molecule has 3 heteroatoms. The number of hydrogen-bond acceptors (Lipinski definition) is 2. The van der Waals surface area contributed by atoms with E-state index in [2.05, 4.69) is 4.84 Å². The molecule has 0 rings (SSSR count). The second-order valence-electron chi connectivity index (χ2n) is 1.40. The Morgan fingerprint density at radius 1 is 1.86 bits per heavy atom. The summed E-state index contributed by atoms with van der Waals surface area (Å²) in [6, 6.07) is 0.0571. The van der Waals surface area contributed by atoms with Crippen molar-refractivity contribution >= 4 is 11.8 Å². The van der Waals surface area contributed by atoms with Crippen LogP contribution in [0.3, 0.4) is 0 Å². The zero-order chi connectivity index (χ0) is 5.70. The van der Waals surface area contributed by atoms with Gasteiger partial charge in [0.1, 0.15) is 0 Å². The van der Waals surface area contributed by atoms with Crippen LogP contribution in [0.15, 0.2) is 0 Å². The van der Waals surface area contributed by atoms with Gasteiger partial charge in [-0.3, -0.25) is 0 Å². The van der Waals surface area contributed by atoms with Crippen LogP contribution in [0.4, 0.5) is 0 Å². The molecule has 1 atom stereocenters. The van der Waals surface area contributed by atoms with Crippen LogP contribution in [0.1, 0.15) is 13.3 Å². The fourth-order valence-corrected chi connectivity index (χ4v) is 0.464. The van der Waals surface area contributed by atoms with Gasteiger partial charge in [-0.15, -0.1) is 0 Å². The molecule has 0 fully saturated rings. The molecule has 2 N–H and O–H groups in total. The molecule has 0 bridgehead atoms. The molecule has 44 valence electrons. The summed E-state index contributed by atoms with van der Waals surface area (Å²) in [6.07, 6.45) is 0.861.